The Morgan fingerprint density at radius 1 is 1.20 bits per heavy atom. The highest BCUT2D eigenvalue weighted by Gasteiger charge is 2.49. The fourth-order valence-corrected chi connectivity index (χ4v) is 5.85. The molecule has 5 heterocycles. The van der Waals surface area contributed by atoms with Crippen LogP contribution in [0, 0.1) is 11.3 Å². The van der Waals surface area contributed by atoms with Crippen LogP contribution in [0.5, 0.6) is 0 Å². The van der Waals surface area contributed by atoms with Gasteiger partial charge in [0, 0.05) is 62.1 Å². The monoisotopic (exact) mass is 564 g/mol. The van der Waals surface area contributed by atoms with Crippen LogP contribution in [0.2, 0.25) is 0 Å². The lowest BCUT2D eigenvalue weighted by Crippen LogP contribution is -2.60. The van der Waals surface area contributed by atoms with Gasteiger partial charge in [-0.3, -0.25) is 14.4 Å². The minimum Gasteiger partial charge on any atom is -0.346 e. The number of carbonyl (C=O) groups is 1. The van der Waals surface area contributed by atoms with E-state index in [1.807, 2.05) is 23.1 Å². The number of nitriles is 1. The molecule has 0 atom stereocenters. The summed E-state index contributed by atoms with van der Waals surface area (Å²) in [7, 11) is 0. The summed E-state index contributed by atoms with van der Waals surface area (Å²) in [4.78, 5) is 32.2. The number of alkyl halides is 3. The van der Waals surface area contributed by atoms with Crippen molar-refractivity contribution in [1.29, 1.82) is 5.26 Å². The molecular formula is C27H27F3N10O. The Bertz CT molecular complexity index is 1620. The highest BCUT2D eigenvalue weighted by Crippen LogP contribution is 2.45. The van der Waals surface area contributed by atoms with Crippen LogP contribution >= 0.6 is 0 Å². The van der Waals surface area contributed by atoms with Gasteiger partial charge in [-0.15, -0.1) is 0 Å². The summed E-state index contributed by atoms with van der Waals surface area (Å²) >= 11 is 0. The third kappa shape index (κ3) is 4.91. The van der Waals surface area contributed by atoms with Gasteiger partial charge < -0.3 is 15.6 Å². The molecule has 3 N–H and O–H groups in total. The molecule has 6 rings (SSSR count). The van der Waals surface area contributed by atoms with Crippen molar-refractivity contribution in [2.24, 2.45) is 5.73 Å². The first-order valence-corrected chi connectivity index (χ1v) is 13.2. The smallest absolute Gasteiger partial charge is 0.346 e. The largest absolute Gasteiger partial charge is 0.433 e. The highest BCUT2D eigenvalue weighted by atomic mass is 19.4. The summed E-state index contributed by atoms with van der Waals surface area (Å²) in [5.41, 5.74) is 6.28. The minimum absolute atomic E-state index is 0.126. The van der Waals surface area contributed by atoms with Gasteiger partial charge in [0.25, 0.3) is 5.91 Å². The standard InChI is InChI=1S/C27H27F3N10O/c28-27(29,30)22-10-17(13-32)9-21(37-22)25(41)39-7-5-38(6-8-39)19-11-26(12-19,2-3-31)40-15-18(14-36-40)23-20-1-4-33-24(20)35-16-34-23/h1,4,9-10,14-16,19H,2,5-8,11-13,32H2,(H,33,34,35)/t19-,26-. The first kappa shape index (κ1) is 26.9. The number of nitrogens with zero attached hydrogens (tertiary/aromatic N) is 8. The van der Waals surface area contributed by atoms with E-state index in [4.69, 9.17) is 5.73 Å². The summed E-state index contributed by atoms with van der Waals surface area (Å²) in [6, 6.07) is 6.62. The van der Waals surface area contributed by atoms with E-state index < -0.39 is 23.3 Å². The van der Waals surface area contributed by atoms with Crippen LogP contribution in [0.15, 0.2) is 43.1 Å². The number of halogens is 3. The first-order chi connectivity index (χ1) is 19.7. The number of piperazine rings is 1. The average Bonchev–Trinajstić information content (AvgIpc) is 3.64. The second-order valence-corrected chi connectivity index (χ2v) is 10.5. The number of fused-ring (bicyclic) bond motifs is 1. The number of amides is 1. The number of hydrogen-bond donors (Lipinski definition) is 2. The van der Waals surface area contributed by atoms with E-state index >= 15 is 0 Å². The zero-order valence-electron chi connectivity index (χ0n) is 22.0. The zero-order valence-corrected chi connectivity index (χ0v) is 22.0. The Kier molecular flexibility index (Phi) is 6.71. The number of aromatic amines is 1. The number of nitrogens with two attached hydrogens (primary N) is 1. The molecule has 1 amide bonds. The molecule has 1 aliphatic carbocycles. The molecule has 1 aliphatic heterocycles. The van der Waals surface area contributed by atoms with E-state index in [0.717, 1.165) is 28.4 Å². The summed E-state index contributed by atoms with van der Waals surface area (Å²) in [5.74, 6) is -0.539. The Labute approximate surface area is 232 Å². The quantitative estimate of drug-likeness (QED) is 0.364. The summed E-state index contributed by atoms with van der Waals surface area (Å²) < 4.78 is 41.7. The Morgan fingerprint density at radius 3 is 2.68 bits per heavy atom. The molecule has 212 valence electrons. The summed E-state index contributed by atoms with van der Waals surface area (Å²) in [6.07, 6.45) is 4.05. The molecule has 1 saturated carbocycles. The molecule has 0 aromatic carbocycles. The molecule has 4 aromatic rings. The van der Waals surface area contributed by atoms with Gasteiger partial charge in [-0.1, -0.05) is 0 Å². The van der Waals surface area contributed by atoms with Crippen molar-refractivity contribution in [2.45, 2.75) is 43.6 Å². The predicted octanol–water partition coefficient (Wildman–Crippen LogP) is 2.92. The molecule has 0 unspecified atom stereocenters. The van der Waals surface area contributed by atoms with Crippen LogP contribution in [-0.4, -0.2) is 77.6 Å². The number of pyridine rings is 1. The van der Waals surface area contributed by atoms with Crippen molar-refractivity contribution >= 4 is 16.9 Å². The lowest BCUT2D eigenvalue weighted by Gasteiger charge is -2.52. The molecule has 0 spiro atoms. The maximum Gasteiger partial charge on any atom is 0.433 e. The van der Waals surface area contributed by atoms with Gasteiger partial charge in [-0.25, -0.2) is 15.0 Å². The Hall–Kier alpha value is -4.35. The molecule has 1 saturated heterocycles. The first-order valence-electron chi connectivity index (χ1n) is 13.2. The Morgan fingerprint density at radius 2 is 1.98 bits per heavy atom. The van der Waals surface area contributed by atoms with Gasteiger partial charge in [0.2, 0.25) is 0 Å². The third-order valence-electron chi connectivity index (χ3n) is 8.08. The fraction of sp³-hybridized carbons (Fsp3) is 0.407. The zero-order chi connectivity index (χ0) is 28.8. The normalized spacial score (nSPS) is 21.5. The fourth-order valence-electron chi connectivity index (χ4n) is 5.85. The number of H-pyrrole nitrogens is 1. The number of rotatable bonds is 6. The van der Waals surface area contributed by atoms with Crippen LogP contribution in [0.1, 0.15) is 41.0 Å². The van der Waals surface area contributed by atoms with Crippen molar-refractivity contribution in [3.8, 4) is 17.3 Å². The van der Waals surface area contributed by atoms with Crippen molar-refractivity contribution in [3.63, 3.8) is 0 Å². The minimum atomic E-state index is -4.67. The maximum atomic E-state index is 13.3. The van der Waals surface area contributed by atoms with Crippen LogP contribution in [0.3, 0.4) is 0 Å². The average molecular weight is 565 g/mol. The van der Waals surface area contributed by atoms with Crippen molar-refractivity contribution in [1.82, 2.24) is 39.5 Å². The van der Waals surface area contributed by atoms with Crippen LogP contribution in [-0.2, 0) is 18.3 Å². The highest BCUT2D eigenvalue weighted by molar-refractivity contribution is 5.92. The molecular weight excluding hydrogens is 537 g/mol. The summed E-state index contributed by atoms with van der Waals surface area (Å²) in [6.45, 7) is 1.74. The molecule has 41 heavy (non-hydrogen) atoms. The second-order valence-electron chi connectivity index (χ2n) is 10.5. The molecule has 0 bridgehead atoms. The molecule has 4 aromatic heterocycles. The van der Waals surface area contributed by atoms with E-state index in [9.17, 15) is 23.2 Å². The number of carbonyl (C=O) groups excluding carboxylic acids is 1. The molecule has 2 aliphatic rings. The van der Waals surface area contributed by atoms with Gasteiger partial charge in [0.15, 0.2) is 0 Å². The lowest BCUT2D eigenvalue weighted by atomic mass is 9.70. The van der Waals surface area contributed by atoms with E-state index in [1.165, 1.54) is 17.3 Å². The van der Waals surface area contributed by atoms with E-state index in [1.54, 1.807) is 6.20 Å². The van der Waals surface area contributed by atoms with Gasteiger partial charge >= 0.3 is 6.18 Å². The topological polar surface area (TPSA) is 146 Å². The van der Waals surface area contributed by atoms with E-state index in [2.05, 4.69) is 36.0 Å². The second kappa shape index (κ2) is 10.2. The molecule has 11 nitrogen and oxygen atoms in total. The van der Waals surface area contributed by atoms with Gasteiger partial charge in [-0.05, 0) is 36.6 Å². The van der Waals surface area contributed by atoms with Gasteiger partial charge in [-0.2, -0.15) is 23.5 Å². The number of hydrogen-bond acceptors (Lipinski definition) is 8. The molecule has 14 heteroatoms. The van der Waals surface area contributed by atoms with Crippen molar-refractivity contribution < 1.29 is 18.0 Å². The lowest BCUT2D eigenvalue weighted by molar-refractivity contribution is -0.141. The molecule has 2 fully saturated rings. The van der Waals surface area contributed by atoms with Crippen molar-refractivity contribution in [2.75, 3.05) is 26.2 Å². The summed E-state index contributed by atoms with van der Waals surface area (Å²) in [5, 5.41) is 15.1. The molecule has 0 radical (unpaired) electrons. The Balaban J connectivity index is 1.12. The van der Waals surface area contributed by atoms with Gasteiger partial charge in [0.1, 0.15) is 23.4 Å². The van der Waals surface area contributed by atoms with Crippen LogP contribution in [0.25, 0.3) is 22.3 Å². The predicted molar refractivity (Wildman–Crippen MR) is 141 cm³/mol. The van der Waals surface area contributed by atoms with Crippen LogP contribution < -0.4 is 5.73 Å². The van der Waals surface area contributed by atoms with Crippen molar-refractivity contribution in [3.05, 3.63) is 60.1 Å². The van der Waals surface area contributed by atoms with Crippen LogP contribution in [0.4, 0.5) is 13.2 Å². The van der Waals surface area contributed by atoms with E-state index in [-0.39, 0.29) is 23.8 Å². The SMILES string of the molecule is N#CC[C@]1(n2cc(-c3ncnc4[nH]ccc34)cn2)C[C@H](N2CCN(C(=O)c3cc(CN)cc(C(F)(F)F)n3)CC2)C1. The number of aromatic nitrogens is 6. The number of nitrogens with one attached hydrogen (secondary N) is 1. The van der Waals surface area contributed by atoms with E-state index in [0.29, 0.717) is 45.4 Å². The van der Waals surface area contributed by atoms with Gasteiger partial charge in [0.05, 0.1) is 29.9 Å². The maximum absolute atomic E-state index is 13.3. The third-order valence-corrected chi connectivity index (χ3v) is 8.08.